The number of nitrogens with one attached hydrogen (secondary N) is 1. The van der Waals surface area contributed by atoms with Crippen LogP contribution in [-0.4, -0.2) is 53.4 Å². The quantitative estimate of drug-likeness (QED) is 0.765. The smallest absolute Gasteiger partial charge is 0.237 e. The molecule has 1 N–H and O–H groups in total. The van der Waals surface area contributed by atoms with Crippen molar-refractivity contribution < 1.29 is 14.3 Å². The van der Waals surface area contributed by atoms with E-state index >= 15 is 0 Å². The number of hydrogen-bond donors (Lipinski definition) is 1. The Morgan fingerprint density at radius 2 is 2.16 bits per heavy atom. The molecule has 0 aliphatic carbocycles. The fourth-order valence-electron chi connectivity index (χ4n) is 3.26. The van der Waals surface area contributed by atoms with Crippen molar-refractivity contribution in [3.63, 3.8) is 0 Å². The molecule has 2 atom stereocenters. The van der Waals surface area contributed by atoms with Gasteiger partial charge in [0.25, 0.3) is 0 Å². The van der Waals surface area contributed by atoms with E-state index in [1.807, 2.05) is 13.8 Å². The first-order chi connectivity index (χ1) is 12.0. The van der Waals surface area contributed by atoms with Gasteiger partial charge >= 0.3 is 0 Å². The van der Waals surface area contributed by atoms with Crippen LogP contribution in [0.4, 0.5) is 0 Å². The van der Waals surface area contributed by atoms with E-state index in [0.29, 0.717) is 24.4 Å². The van der Waals surface area contributed by atoms with Crippen LogP contribution in [0.3, 0.4) is 0 Å². The highest BCUT2D eigenvalue weighted by molar-refractivity contribution is 5.95. The Morgan fingerprint density at radius 1 is 1.40 bits per heavy atom. The number of aryl methyl sites for hydroxylation is 1. The maximum absolute atomic E-state index is 12.6. The lowest BCUT2D eigenvalue weighted by Gasteiger charge is -2.37. The second-order valence-corrected chi connectivity index (χ2v) is 6.53. The highest BCUT2D eigenvalue weighted by Gasteiger charge is 2.29. The Bertz CT molecular complexity index is 618. The van der Waals surface area contributed by atoms with Gasteiger partial charge in [0.1, 0.15) is 0 Å². The molecule has 1 aromatic heterocycles. The summed E-state index contributed by atoms with van der Waals surface area (Å²) >= 11 is 0. The van der Waals surface area contributed by atoms with Crippen LogP contribution in [0, 0.1) is 6.92 Å². The summed E-state index contributed by atoms with van der Waals surface area (Å²) in [6, 6.07) is 3.43. The normalized spacial score (nSPS) is 19.4. The Morgan fingerprint density at radius 3 is 2.76 bits per heavy atom. The number of morpholine rings is 1. The summed E-state index contributed by atoms with van der Waals surface area (Å²) in [6.07, 6.45) is 1.93. The lowest BCUT2D eigenvalue weighted by atomic mass is 10.1. The summed E-state index contributed by atoms with van der Waals surface area (Å²) in [5.74, 6) is 0.0266. The number of carbonyl (C=O) groups is 2. The van der Waals surface area contributed by atoms with Crippen molar-refractivity contribution in [1.29, 1.82) is 0 Å². The Labute approximate surface area is 150 Å². The summed E-state index contributed by atoms with van der Waals surface area (Å²) in [5, 5.41) is 2.99. The number of aromatic nitrogens is 1. The zero-order valence-corrected chi connectivity index (χ0v) is 15.7. The van der Waals surface area contributed by atoms with Gasteiger partial charge in [-0.15, -0.1) is 0 Å². The van der Waals surface area contributed by atoms with Crippen molar-refractivity contribution in [1.82, 2.24) is 15.2 Å². The standard InChI is InChI=1S/C19H29N3O3/c1-5-16-12-22(9-10-25-16)18(6-2)19(24)20-11-15-7-8-17(14(4)23)13(3)21-15/h7-8,16,18H,5-6,9-12H2,1-4H3,(H,20,24)/t16-,18-/m0/s1. The number of amides is 1. The number of rotatable bonds is 7. The molecule has 1 aliphatic heterocycles. The molecule has 0 aromatic carbocycles. The first-order valence-electron chi connectivity index (χ1n) is 9.07. The number of pyridine rings is 1. The number of hydrogen-bond acceptors (Lipinski definition) is 5. The van der Waals surface area contributed by atoms with Gasteiger partial charge < -0.3 is 10.1 Å². The average molecular weight is 347 g/mol. The van der Waals surface area contributed by atoms with Crippen molar-refractivity contribution in [2.75, 3.05) is 19.7 Å². The molecule has 0 bridgehead atoms. The van der Waals surface area contributed by atoms with Crippen LogP contribution in [-0.2, 0) is 16.1 Å². The average Bonchev–Trinajstić information content (AvgIpc) is 2.60. The number of carbonyl (C=O) groups excluding carboxylic acids is 2. The third-order valence-corrected chi connectivity index (χ3v) is 4.72. The second-order valence-electron chi connectivity index (χ2n) is 6.53. The van der Waals surface area contributed by atoms with Crippen molar-refractivity contribution >= 4 is 11.7 Å². The van der Waals surface area contributed by atoms with Gasteiger partial charge in [0.2, 0.25) is 5.91 Å². The van der Waals surface area contributed by atoms with Crippen LogP contribution in [0.1, 0.15) is 55.4 Å². The van der Waals surface area contributed by atoms with E-state index in [0.717, 1.165) is 31.6 Å². The predicted molar refractivity (Wildman–Crippen MR) is 96.5 cm³/mol. The van der Waals surface area contributed by atoms with Crippen LogP contribution < -0.4 is 5.32 Å². The third kappa shape index (κ3) is 5.09. The molecule has 6 heteroatoms. The molecule has 1 aliphatic rings. The summed E-state index contributed by atoms with van der Waals surface area (Å²) in [4.78, 5) is 30.7. The minimum absolute atomic E-state index is 0.00410. The molecule has 0 spiro atoms. The van der Waals surface area contributed by atoms with Crippen LogP contribution in [0.5, 0.6) is 0 Å². The van der Waals surface area contributed by atoms with Gasteiger partial charge in [0.15, 0.2) is 5.78 Å². The molecule has 0 radical (unpaired) electrons. The number of nitrogens with zero attached hydrogens (tertiary/aromatic N) is 2. The SMILES string of the molecule is CC[C@H]1CN([C@@H](CC)C(=O)NCc2ccc(C(C)=O)c(C)n2)CCO1. The molecule has 0 unspecified atom stereocenters. The Balaban J connectivity index is 1.95. The van der Waals surface area contributed by atoms with E-state index in [4.69, 9.17) is 4.74 Å². The van der Waals surface area contributed by atoms with Crippen molar-refractivity contribution in [3.05, 3.63) is 29.1 Å². The maximum Gasteiger partial charge on any atom is 0.237 e. The van der Waals surface area contributed by atoms with Crippen LogP contribution >= 0.6 is 0 Å². The van der Waals surface area contributed by atoms with Gasteiger partial charge in [-0.1, -0.05) is 13.8 Å². The monoisotopic (exact) mass is 347 g/mol. The fourth-order valence-corrected chi connectivity index (χ4v) is 3.26. The highest BCUT2D eigenvalue weighted by atomic mass is 16.5. The summed E-state index contributed by atoms with van der Waals surface area (Å²) in [7, 11) is 0. The first-order valence-corrected chi connectivity index (χ1v) is 9.07. The van der Waals surface area contributed by atoms with E-state index in [2.05, 4.69) is 22.1 Å². The summed E-state index contributed by atoms with van der Waals surface area (Å²) < 4.78 is 5.69. The first kappa shape index (κ1) is 19.5. The zero-order valence-electron chi connectivity index (χ0n) is 15.7. The Hall–Kier alpha value is -1.79. The third-order valence-electron chi connectivity index (χ3n) is 4.72. The minimum atomic E-state index is -0.143. The molecule has 1 aromatic rings. The number of ether oxygens (including phenoxy) is 1. The van der Waals surface area contributed by atoms with E-state index in [1.54, 1.807) is 12.1 Å². The minimum Gasteiger partial charge on any atom is -0.376 e. The lowest BCUT2D eigenvalue weighted by molar-refractivity contribution is -0.130. The molecule has 25 heavy (non-hydrogen) atoms. The van der Waals surface area contributed by atoms with E-state index in [1.165, 1.54) is 6.92 Å². The van der Waals surface area contributed by atoms with Crippen LogP contribution in [0.25, 0.3) is 0 Å². The van der Waals surface area contributed by atoms with Crippen molar-refractivity contribution in [2.45, 2.75) is 59.2 Å². The van der Waals surface area contributed by atoms with Crippen molar-refractivity contribution in [3.8, 4) is 0 Å². The molecule has 0 saturated carbocycles. The molecule has 2 heterocycles. The van der Waals surface area contributed by atoms with E-state index in [-0.39, 0.29) is 23.8 Å². The van der Waals surface area contributed by atoms with Gasteiger partial charge in [-0.25, -0.2) is 0 Å². The molecule has 6 nitrogen and oxygen atoms in total. The molecular formula is C19H29N3O3. The zero-order chi connectivity index (χ0) is 18.4. The number of ketones is 1. The van der Waals surface area contributed by atoms with E-state index < -0.39 is 0 Å². The molecule has 2 rings (SSSR count). The maximum atomic E-state index is 12.6. The molecule has 1 saturated heterocycles. The second kappa shape index (κ2) is 9.06. The Kier molecular flexibility index (Phi) is 7.08. The lowest BCUT2D eigenvalue weighted by Crippen LogP contribution is -2.53. The topological polar surface area (TPSA) is 71.5 Å². The molecule has 1 fully saturated rings. The van der Waals surface area contributed by atoms with Crippen molar-refractivity contribution in [2.24, 2.45) is 0 Å². The van der Waals surface area contributed by atoms with Gasteiger partial charge in [0.05, 0.1) is 31.0 Å². The highest BCUT2D eigenvalue weighted by Crippen LogP contribution is 2.14. The van der Waals surface area contributed by atoms with Gasteiger partial charge in [-0.2, -0.15) is 0 Å². The van der Waals surface area contributed by atoms with E-state index in [9.17, 15) is 9.59 Å². The summed E-state index contributed by atoms with van der Waals surface area (Å²) in [6.45, 7) is 10.1. The van der Waals surface area contributed by atoms with Crippen LogP contribution in [0.15, 0.2) is 12.1 Å². The van der Waals surface area contributed by atoms with Gasteiger partial charge in [-0.3, -0.25) is 19.5 Å². The molecular weight excluding hydrogens is 318 g/mol. The summed E-state index contributed by atoms with van der Waals surface area (Å²) in [5.41, 5.74) is 2.09. The molecule has 138 valence electrons. The largest absolute Gasteiger partial charge is 0.376 e. The predicted octanol–water partition coefficient (Wildman–Crippen LogP) is 2.10. The van der Waals surface area contributed by atoms with Crippen LogP contribution in [0.2, 0.25) is 0 Å². The fraction of sp³-hybridized carbons (Fsp3) is 0.632. The van der Waals surface area contributed by atoms with Gasteiger partial charge in [0, 0.05) is 24.3 Å². The number of Topliss-reactive ketones (excluding diaryl/α,β-unsaturated/α-hetero) is 1. The molecule has 1 amide bonds. The van der Waals surface area contributed by atoms with Gasteiger partial charge in [-0.05, 0) is 38.8 Å².